The smallest absolute Gasteiger partial charge is 0.262 e. The third-order valence-electron chi connectivity index (χ3n) is 3.88. The Labute approximate surface area is 136 Å². The number of fused-ring (bicyclic) bond motifs is 1. The number of hydrogen-bond acceptors (Lipinski definition) is 4. The third kappa shape index (κ3) is 2.99. The van der Waals surface area contributed by atoms with Crippen LogP contribution in [0.3, 0.4) is 0 Å². The lowest BCUT2D eigenvalue weighted by Gasteiger charge is -2.14. The van der Waals surface area contributed by atoms with Crippen molar-refractivity contribution in [1.82, 2.24) is 0 Å². The quantitative estimate of drug-likeness (QED) is 0.934. The lowest BCUT2D eigenvalue weighted by molar-refractivity contribution is 0.357. The van der Waals surface area contributed by atoms with E-state index in [0.717, 1.165) is 17.7 Å². The van der Waals surface area contributed by atoms with Gasteiger partial charge in [-0.15, -0.1) is 0 Å². The molecular weight excluding hydrogens is 314 g/mol. The van der Waals surface area contributed by atoms with Crippen molar-refractivity contribution in [3.05, 3.63) is 47.0 Å². The van der Waals surface area contributed by atoms with Gasteiger partial charge in [0.15, 0.2) is 0 Å². The van der Waals surface area contributed by atoms with E-state index in [2.05, 4.69) is 4.72 Å². The fraction of sp³-hybridized carbons (Fsp3) is 0.294. The van der Waals surface area contributed by atoms with Crippen LogP contribution in [0.2, 0.25) is 0 Å². The van der Waals surface area contributed by atoms with E-state index in [1.54, 1.807) is 45.2 Å². The highest BCUT2D eigenvalue weighted by molar-refractivity contribution is 7.92. The van der Waals surface area contributed by atoms with E-state index in [1.807, 2.05) is 6.07 Å². The molecule has 0 aliphatic carbocycles. The Balaban J connectivity index is 1.96. The predicted molar refractivity (Wildman–Crippen MR) is 88.9 cm³/mol. The Hall–Kier alpha value is -2.21. The zero-order valence-electron chi connectivity index (χ0n) is 13.3. The molecule has 0 saturated heterocycles. The van der Waals surface area contributed by atoms with Gasteiger partial charge in [0.25, 0.3) is 10.0 Å². The zero-order valence-corrected chi connectivity index (χ0v) is 14.2. The van der Waals surface area contributed by atoms with Gasteiger partial charge in [0.1, 0.15) is 11.5 Å². The van der Waals surface area contributed by atoms with Crippen LogP contribution < -0.4 is 14.2 Å². The molecule has 122 valence electrons. The molecule has 0 atom stereocenters. The SMILES string of the molecule is COc1cc(C)c(S(=O)(=O)Nc2ccc3c(c2)CCO3)c(C)c1. The van der Waals surface area contributed by atoms with Crippen LogP contribution in [0.5, 0.6) is 11.5 Å². The van der Waals surface area contributed by atoms with Crippen molar-refractivity contribution >= 4 is 15.7 Å². The Bertz CT molecular complexity index is 836. The summed E-state index contributed by atoms with van der Waals surface area (Å²) in [6, 6.07) is 8.79. The first-order valence-corrected chi connectivity index (χ1v) is 8.83. The summed E-state index contributed by atoms with van der Waals surface area (Å²) in [5, 5.41) is 0. The summed E-state index contributed by atoms with van der Waals surface area (Å²) in [5.74, 6) is 1.47. The standard InChI is InChI=1S/C17H19NO4S/c1-11-8-15(21-3)9-12(2)17(11)23(19,20)18-14-4-5-16-13(10-14)6-7-22-16/h4-5,8-10,18H,6-7H2,1-3H3. The Kier molecular flexibility index (Phi) is 3.93. The number of sulfonamides is 1. The lowest BCUT2D eigenvalue weighted by atomic mass is 10.1. The number of anilines is 1. The summed E-state index contributed by atoms with van der Waals surface area (Å²) in [5.41, 5.74) is 2.87. The van der Waals surface area contributed by atoms with Crippen molar-refractivity contribution in [1.29, 1.82) is 0 Å². The van der Waals surface area contributed by atoms with Crippen LogP contribution >= 0.6 is 0 Å². The molecule has 0 spiro atoms. The van der Waals surface area contributed by atoms with Gasteiger partial charge >= 0.3 is 0 Å². The van der Waals surface area contributed by atoms with Crippen molar-refractivity contribution in [2.75, 3.05) is 18.4 Å². The summed E-state index contributed by atoms with van der Waals surface area (Å²) in [4.78, 5) is 0.287. The zero-order chi connectivity index (χ0) is 16.6. The van der Waals surface area contributed by atoms with Gasteiger partial charge in [0.2, 0.25) is 0 Å². The first kappa shape index (κ1) is 15.7. The number of benzene rings is 2. The summed E-state index contributed by atoms with van der Waals surface area (Å²) >= 11 is 0. The minimum Gasteiger partial charge on any atom is -0.497 e. The highest BCUT2D eigenvalue weighted by atomic mass is 32.2. The maximum atomic E-state index is 12.8. The average molecular weight is 333 g/mol. The van der Waals surface area contributed by atoms with Gasteiger partial charge in [0.05, 0.1) is 18.6 Å². The second-order valence-electron chi connectivity index (χ2n) is 5.62. The van der Waals surface area contributed by atoms with Crippen LogP contribution in [0, 0.1) is 13.8 Å². The maximum absolute atomic E-state index is 12.8. The number of aryl methyl sites for hydroxylation is 2. The van der Waals surface area contributed by atoms with E-state index in [1.165, 1.54) is 0 Å². The van der Waals surface area contributed by atoms with E-state index >= 15 is 0 Å². The summed E-state index contributed by atoms with van der Waals surface area (Å²) < 4.78 is 38.8. The molecule has 0 unspecified atom stereocenters. The second kappa shape index (κ2) is 5.77. The molecule has 0 bridgehead atoms. The second-order valence-corrected chi connectivity index (χ2v) is 7.24. The minimum atomic E-state index is -3.66. The van der Waals surface area contributed by atoms with E-state index in [9.17, 15) is 8.42 Å². The first-order chi connectivity index (χ1) is 10.9. The molecule has 0 fully saturated rings. The molecular formula is C17H19NO4S. The van der Waals surface area contributed by atoms with E-state index in [-0.39, 0.29) is 4.90 Å². The molecule has 23 heavy (non-hydrogen) atoms. The molecule has 5 nitrogen and oxygen atoms in total. The predicted octanol–water partition coefficient (Wildman–Crippen LogP) is 3.05. The molecule has 0 aromatic heterocycles. The van der Waals surface area contributed by atoms with Crippen LogP contribution in [-0.4, -0.2) is 22.1 Å². The molecule has 2 aromatic carbocycles. The molecule has 0 saturated carbocycles. The Morgan fingerprint density at radius 1 is 1.13 bits per heavy atom. The molecule has 1 N–H and O–H groups in total. The van der Waals surface area contributed by atoms with E-state index in [0.29, 0.717) is 29.2 Å². The summed E-state index contributed by atoms with van der Waals surface area (Å²) in [6.45, 7) is 4.17. The van der Waals surface area contributed by atoms with Gasteiger partial charge in [-0.05, 0) is 60.9 Å². The summed E-state index contributed by atoms with van der Waals surface area (Å²) in [6.07, 6.45) is 0.797. The van der Waals surface area contributed by atoms with Crippen molar-refractivity contribution in [2.24, 2.45) is 0 Å². The molecule has 1 heterocycles. The van der Waals surface area contributed by atoms with E-state index in [4.69, 9.17) is 9.47 Å². The minimum absolute atomic E-state index is 0.287. The highest BCUT2D eigenvalue weighted by Crippen LogP contribution is 2.31. The van der Waals surface area contributed by atoms with Crippen LogP contribution in [-0.2, 0) is 16.4 Å². The van der Waals surface area contributed by atoms with Crippen LogP contribution in [0.15, 0.2) is 35.2 Å². The van der Waals surface area contributed by atoms with E-state index < -0.39 is 10.0 Å². The van der Waals surface area contributed by atoms with Gasteiger partial charge in [-0.2, -0.15) is 0 Å². The highest BCUT2D eigenvalue weighted by Gasteiger charge is 2.21. The lowest BCUT2D eigenvalue weighted by Crippen LogP contribution is -2.16. The molecule has 2 aromatic rings. The van der Waals surface area contributed by atoms with Crippen molar-refractivity contribution in [3.8, 4) is 11.5 Å². The number of rotatable bonds is 4. The topological polar surface area (TPSA) is 64.6 Å². The Morgan fingerprint density at radius 3 is 2.48 bits per heavy atom. The largest absolute Gasteiger partial charge is 0.497 e. The van der Waals surface area contributed by atoms with Gasteiger partial charge in [-0.3, -0.25) is 4.72 Å². The summed E-state index contributed by atoms with van der Waals surface area (Å²) in [7, 11) is -2.10. The first-order valence-electron chi connectivity index (χ1n) is 7.34. The molecule has 6 heteroatoms. The number of methoxy groups -OCH3 is 1. The number of hydrogen-bond donors (Lipinski definition) is 1. The molecule has 1 aliphatic heterocycles. The fourth-order valence-corrected chi connectivity index (χ4v) is 4.41. The fourth-order valence-electron chi connectivity index (χ4n) is 2.91. The maximum Gasteiger partial charge on any atom is 0.262 e. The molecule has 0 radical (unpaired) electrons. The normalized spacial score (nSPS) is 13.3. The van der Waals surface area contributed by atoms with Gasteiger partial charge in [-0.1, -0.05) is 0 Å². The monoisotopic (exact) mass is 333 g/mol. The van der Waals surface area contributed by atoms with Gasteiger partial charge in [0, 0.05) is 12.1 Å². The average Bonchev–Trinajstić information content (AvgIpc) is 2.93. The van der Waals surface area contributed by atoms with Crippen molar-refractivity contribution in [2.45, 2.75) is 25.2 Å². The third-order valence-corrected chi connectivity index (χ3v) is 5.57. The molecule has 3 rings (SSSR count). The van der Waals surface area contributed by atoms with Gasteiger partial charge < -0.3 is 9.47 Å². The number of nitrogens with one attached hydrogen (secondary N) is 1. The Morgan fingerprint density at radius 2 is 1.83 bits per heavy atom. The van der Waals surface area contributed by atoms with Crippen LogP contribution in [0.1, 0.15) is 16.7 Å². The van der Waals surface area contributed by atoms with Crippen molar-refractivity contribution < 1.29 is 17.9 Å². The van der Waals surface area contributed by atoms with Gasteiger partial charge in [-0.25, -0.2) is 8.42 Å². The molecule has 1 aliphatic rings. The van der Waals surface area contributed by atoms with Crippen LogP contribution in [0.4, 0.5) is 5.69 Å². The van der Waals surface area contributed by atoms with Crippen molar-refractivity contribution in [3.63, 3.8) is 0 Å². The van der Waals surface area contributed by atoms with Crippen LogP contribution in [0.25, 0.3) is 0 Å². The molecule has 0 amide bonds. The number of ether oxygens (including phenoxy) is 2.